The number of aryl methyl sites for hydroxylation is 1. The Morgan fingerprint density at radius 1 is 1.28 bits per heavy atom. The Morgan fingerprint density at radius 2 is 1.94 bits per heavy atom. The third-order valence-corrected chi connectivity index (χ3v) is 4.28. The summed E-state index contributed by atoms with van der Waals surface area (Å²) in [5.74, 6) is 2.76. The highest BCUT2D eigenvalue weighted by atomic mass is 14.9. The Bertz CT molecular complexity index is 466. The summed E-state index contributed by atoms with van der Waals surface area (Å²) in [7, 11) is 0. The van der Waals surface area contributed by atoms with Gasteiger partial charge in [0.2, 0.25) is 0 Å². The molecule has 94 valence electrons. The largest absolute Gasteiger partial charge is 0.384 e. The second-order valence-corrected chi connectivity index (χ2v) is 5.88. The molecule has 0 saturated heterocycles. The Kier molecular flexibility index (Phi) is 2.99. The third-order valence-electron chi connectivity index (χ3n) is 4.28. The van der Waals surface area contributed by atoms with Gasteiger partial charge in [-0.3, -0.25) is 0 Å². The summed E-state index contributed by atoms with van der Waals surface area (Å²) in [5.41, 5.74) is 2.94. The van der Waals surface area contributed by atoms with Gasteiger partial charge in [0.15, 0.2) is 0 Å². The lowest BCUT2D eigenvalue weighted by atomic mass is 9.97. The zero-order chi connectivity index (χ0) is 12.5. The molecular formula is C16H20N2. The molecule has 0 bridgehead atoms. The maximum atomic E-state index is 9.16. The van der Waals surface area contributed by atoms with Gasteiger partial charge in [-0.05, 0) is 68.1 Å². The van der Waals surface area contributed by atoms with Crippen molar-refractivity contribution in [3.8, 4) is 6.07 Å². The molecule has 0 heterocycles. The van der Waals surface area contributed by atoms with E-state index in [0.29, 0.717) is 0 Å². The molecule has 0 aliphatic heterocycles. The standard InChI is InChI=1S/C16H20N2/c1-11-2-7-16(14(8-11)9-17)18-10-15(12-3-4-12)13-5-6-13/h2,7-8,12-13,15,18H,3-6,10H2,1H3. The first-order valence-corrected chi connectivity index (χ1v) is 7.02. The van der Waals surface area contributed by atoms with Gasteiger partial charge in [-0.15, -0.1) is 0 Å². The lowest BCUT2D eigenvalue weighted by molar-refractivity contribution is 0.428. The second kappa shape index (κ2) is 4.65. The van der Waals surface area contributed by atoms with E-state index in [0.717, 1.165) is 41.1 Å². The monoisotopic (exact) mass is 240 g/mol. The average Bonchev–Trinajstić information content (AvgIpc) is 3.24. The number of nitrogens with zero attached hydrogens (tertiary/aromatic N) is 1. The number of hydrogen-bond acceptors (Lipinski definition) is 2. The molecule has 0 spiro atoms. The molecule has 1 aromatic rings. The summed E-state index contributed by atoms with van der Waals surface area (Å²) >= 11 is 0. The average molecular weight is 240 g/mol. The summed E-state index contributed by atoms with van der Waals surface area (Å²) in [4.78, 5) is 0. The summed E-state index contributed by atoms with van der Waals surface area (Å²) in [5, 5.41) is 12.7. The van der Waals surface area contributed by atoms with Crippen molar-refractivity contribution in [2.45, 2.75) is 32.6 Å². The van der Waals surface area contributed by atoms with E-state index in [2.05, 4.69) is 17.5 Å². The van der Waals surface area contributed by atoms with Crippen molar-refractivity contribution < 1.29 is 0 Å². The van der Waals surface area contributed by atoms with E-state index < -0.39 is 0 Å². The zero-order valence-electron chi connectivity index (χ0n) is 10.9. The van der Waals surface area contributed by atoms with Gasteiger partial charge in [-0.25, -0.2) is 0 Å². The highest BCUT2D eigenvalue weighted by Gasteiger charge is 2.41. The van der Waals surface area contributed by atoms with Crippen LogP contribution in [-0.4, -0.2) is 6.54 Å². The van der Waals surface area contributed by atoms with E-state index in [4.69, 9.17) is 5.26 Å². The van der Waals surface area contributed by atoms with Gasteiger partial charge >= 0.3 is 0 Å². The fourth-order valence-corrected chi connectivity index (χ4v) is 2.90. The van der Waals surface area contributed by atoms with Crippen LogP contribution in [-0.2, 0) is 0 Å². The molecule has 2 nitrogen and oxygen atoms in total. The van der Waals surface area contributed by atoms with Crippen LogP contribution in [0.1, 0.15) is 36.8 Å². The zero-order valence-corrected chi connectivity index (χ0v) is 10.9. The van der Waals surface area contributed by atoms with Gasteiger partial charge in [-0.1, -0.05) is 6.07 Å². The molecule has 2 saturated carbocycles. The number of hydrogen-bond donors (Lipinski definition) is 1. The number of nitrogens with one attached hydrogen (secondary N) is 1. The maximum absolute atomic E-state index is 9.16. The van der Waals surface area contributed by atoms with Gasteiger partial charge in [-0.2, -0.15) is 5.26 Å². The Balaban J connectivity index is 1.67. The van der Waals surface area contributed by atoms with Crippen molar-refractivity contribution >= 4 is 5.69 Å². The SMILES string of the molecule is Cc1ccc(NCC(C2CC2)C2CC2)c(C#N)c1. The quantitative estimate of drug-likeness (QED) is 0.851. The summed E-state index contributed by atoms with van der Waals surface area (Å²) in [6.45, 7) is 3.08. The van der Waals surface area contributed by atoms with Crippen molar-refractivity contribution in [1.82, 2.24) is 0 Å². The third kappa shape index (κ3) is 2.51. The molecule has 2 heteroatoms. The minimum Gasteiger partial charge on any atom is -0.384 e. The van der Waals surface area contributed by atoms with Crippen molar-refractivity contribution in [2.24, 2.45) is 17.8 Å². The summed E-state index contributed by atoms with van der Waals surface area (Å²) in [6.07, 6.45) is 5.67. The van der Waals surface area contributed by atoms with Crippen molar-refractivity contribution in [2.75, 3.05) is 11.9 Å². The first kappa shape index (κ1) is 11.6. The molecule has 0 unspecified atom stereocenters. The molecule has 0 radical (unpaired) electrons. The molecule has 2 aliphatic rings. The van der Waals surface area contributed by atoms with E-state index in [1.165, 1.54) is 25.7 Å². The lowest BCUT2D eigenvalue weighted by Gasteiger charge is -2.17. The number of nitriles is 1. The van der Waals surface area contributed by atoms with Crippen LogP contribution in [0.4, 0.5) is 5.69 Å². The number of rotatable bonds is 5. The fourth-order valence-electron chi connectivity index (χ4n) is 2.90. The minimum atomic E-state index is 0.778. The molecule has 0 amide bonds. The predicted molar refractivity (Wildman–Crippen MR) is 73.3 cm³/mol. The summed E-state index contributed by atoms with van der Waals surface area (Å²) in [6, 6.07) is 8.37. The minimum absolute atomic E-state index is 0.778. The normalized spacial score (nSPS) is 18.7. The van der Waals surface area contributed by atoms with E-state index in [-0.39, 0.29) is 0 Å². The first-order valence-electron chi connectivity index (χ1n) is 7.02. The summed E-state index contributed by atoms with van der Waals surface area (Å²) < 4.78 is 0. The highest BCUT2D eigenvalue weighted by Crippen LogP contribution is 2.49. The van der Waals surface area contributed by atoms with Crippen LogP contribution in [0.15, 0.2) is 18.2 Å². The topological polar surface area (TPSA) is 35.8 Å². The van der Waals surface area contributed by atoms with Crippen molar-refractivity contribution in [3.05, 3.63) is 29.3 Å². The molecule has 3 rings (SSSR count). The van der Waals surface area contributed by atoms with Crippen LogP contribution in [0.2, 0.25) is 0 Å². The smallest absolute Gasteiger partial charge is 0.101 e. The molecule has 18 heavy (non-hydrogen) atoms. The van der Waals surface area contributed by atoms with Gasteiger partial charge in [0.05, 0.1) is 11.3 Å². The molecule has 1 aromatic carbocycles. The molecule has 2 aliphatic carbocycles. The van der Waals surface area contributed by atoms with E-state index in [9.17, 15) is 0 Å². The molecule has 2 fully saturated rings. The highest BCUT2D eigenvalue weighted by molar-refractivity contribution is 5.58. The lowest BCUT2D eigenvalue weighted by Crippen LogP contribution is -2.18. The molecule has 0 atom stereocenters. The predicted octanol–water partition coefficient (Wildman–Crippen LogP) is 3.71. The van der Waals surface area contributed by atoms with Crippen LogP contribution in [0, 0.1) is 36.0 Å². The van der Waals surface area contributed by atoms with E-state index in [1.807, 2.05) is 19.1 Å². The van der Waals surface area contributed by atoms with E-state index >= 15 is 0 Å². The Labute approximate surface area is 109 Å². The molecule has 1 N–H and O–H groups in total. The second-order valence-electron chi connectivity index (χ2n) is 5.88. The van der Waals surface area contributed by atoms with Gasteiger partial charge < -0.3 is 5.32 Å². The fraction of sp³-hybridized carbons (Fsp3) is 0.562. The van der Waals surface area contributed by atoms with Crippen molar-refractivity contribution in [3.63, 3.8) is 0 Å². The van der Waals surface area contributed by atoms with Crippen LogP contribution in [0.25, 0.3) is 0 Å². The molecule has 0 aromatic heterocycles. The first-order chi connectivity index (χ1) is 8.78. The molecular weight excluding hydrogens is 220 g/mol. The van der Waals surface area contributed by atoms with Gasteiger partial charge in [0.25, 0.3) is 0 Å². The van der Waals surface area contributed by atoms with Crippen molar-refractivity contribution in [1.29, 1.82) is 5.26 Å². The number of benzene rings is 1. The van der Waals surface area contributed by atoms with Crippen LogP contribution >= 0.6 is 0 Å². The van der Waals surface area contributed by atoms with Gasteiger partial charge in [0, 0.05) is 6.54 Å². The Morgan fingerprint density at radius 3 is 2.50 bits per heavy atom. The van der Waals surface area contributed by atoms with Gasteiger partial charge in [0.1, 0.15) is 6.07 Å². The van der Waals surface area contributed by atoms with Crippen LogP contribution in [0.5, 0.6) is 0 Å². The van der Waals surface area contributed by atoms with Crippen LogP contribution in [0.3, 0.4) is 0 Å². The maximum Gasteiger partial charge on any atom is 0.101 e. The van der Waals surface area contributed by atoms with Crippen LogP contribution < -0.4 is 5.32 Å². The van der Waals surface area contributed by atoms with E-state index in [1.54, 1.807) is 0 Å². The number of anilines is 1. The Hall–Kier alpha value is -1.49.